The number of nitrogens with one attached hydrogen (secondary N) is 1. The van der Waals surface area contributed by atoms with Crippen molar-refractivity contribution in [3.05, 3.63) is 65.0 Å². The molecular formula is C29H38F2N2O11P+. The van der Waals surface area contributed by atoms with Gasteiger partial charge >= 0.3 is 19.2 Å². The third-order valence-corrected chi connectivity index (χ3v) is 7.05. The summed E-state index contributed by atoms with van der Waals surface area (Å²) in [6.45, 7) is 4.67. The Labute approximate surface area is 258 Å². The first-order valence-corrected chi connectivity index (χ1v) is 15.6. The van der Waals surface area contributed by atoms with Gasteiger partial charge in [-0.2, -0.15) is 8.78 Å². The van der Waals surface area contributed by atoms with E-state index >= 15 is 0 Å². The quantitative estimate of drug-likeness (QED) is 0.145. The maximum absolute atomic E-state index is 13.6. The normalized spacial score (nSPS) is 13.4. The minimum Gasteiger partial charge on any atom is -0.379 e. The topological polar surface area (TPSA) is 180 Å². The molecule has 0 aliphatic carbocycles. The molecule has 1 aromatic heterocycles. The standard InChI is InChI=1S/C22H28F2NO11P.C7H9N/c23-22(24,37(30,31)32)17-5-3-16(4-6-17)14-18(26)2-1-9-33-10-11-34-12-13-35-15-21(29)36-25-19(27)7-8-20(25)28;1-6-4-3-5-7(2)8-6/h3-6H,1-2,7-15H2,(H2,30,31,32);3-5H,1-2H3/p+1. The van der Waals surface area contributed by atoms with Crippen LogP contribution in [0.5, 0.6) is 0 Å². The number of hydrogen-bond donors (Lipinski definition) is 2. The molecule has 1 fully saturated rings. The van der Waals surface area contributed by atoms with Crippen LogP contribution in [0.15, 0.2) is 42.5 Å². The van der Waals surface area contributed by atoms with Gasteiger partial charge in [0.05, 0.1) is 26.4 Å². The number of rotatable bonds is 17. The van der Waals surface area contributed by atoms with Crippen LogP contribution in [-0.2, 0) is 54.9 Å². The van der Waals surface area contributed by atoms with Crippen molar-refractivity contribution in [2.45, 2.75) is 51.6 Å². The molecule has 2 heterocycles. The van der Waals surface area contributed by atoms with Crippen LogP contribution in [0.2, 0.25) is 0 Å². The fourth-order valence-electron chi connectivity index (χ4n) is 3.79. The molecule has 248 valence electrons. The zero-order valence-corrected chi connectivity index (χ0v) is 25.9. The summed E-state index contributed by atoms with van der Waals surface area (Å²) in [6, 6.07) is 10.4. The molecule has 1 aromatic carbocycles. The molecule has 0 saturated carbocycles. The van der Waals surface area contributed by atoms with Crippen molar-refractivity contribution >= 4 is 31.2 Å². The number of amides is 2. The monoisotopic (exact) mass is 659 g/mol. The second-order valence-electron chi connectivity index (χ2n) is 9.94. The molecule has 13 nitrogen and oxygen atoms in total. The number of H-pyrrole nitrogens is 1. The van der Waals surface area contributed by atoms with E-state index in [4.69, 9.17) is 24.0 Å². The number of Topliss-reactive ketones (excluding diaryl/α,β-unsaturated/α-hetero) is 1. The van der Waals surface area contributed by atoms with Crippen LogP contribution in [0, 0.1) is 13.8 Å². The highest BCUT2D eigenvalue weighted by atomic mass is 31.2. The van der Waals surface area contributed by atoms with Crippen molar-refractivity contribution in [1.82, 2.24) is 5.06 Å². The van der Waals surface area contributed by atoms with Crippen LogP contribution in [0.25, 0.3) is 0 Å². The maximum Gasteiger partial charge on any atom is 0.399 e. The molecule has 1 saturated heterocycles. The predicted molar refractivity (Wildman–Crippen MR) is 152 cm³/mol. The molecule has 45 heavy (non-hydrogen) atoms. The molecule has 0 spiro atoms. The van der Waals surface area contributed by atoms with Crippen molar-refractivity contribution in [2.24, 2.45) is 0 Å². The molecule has 1 aliphatic heterocycles. The van der Waals surface area contributed by atoms with Crippen LogP contribution >= 0.6 is 7.60 Å². The molecular weight excluding hydrogens is 621 g/mol. The molecule has 3 rings (SSSR count). The van der Waals surface area contributed by atoms with E-state index in [1.54, 1.807) is 0 Å². The zero-order valence-electron chi connectivity index (χ0n) is 25.0. The van der Waals surface area contributed by atoms with Gasteiger partial charge in [0.15, 0.2) is 11.4 Å². The van der Waals surface area contributed by atoms with Crippen molar-refractivity contribution in [3.8, 4) is 0 Å². The number of pyridine rings is 1. The maximum atomic E-state index is 13.6. The predicted octanol–water partition coefficient (Wildman–Crippen LogP) is 2.58. The summed E-state index contributed by atoms with van der Waals surface area (Å²) in [4.78, 5) is 71.5. The highest BCUT2D eigenvalue weighted by molar-refractivity contribution is 7.52. The van der Waals surface area contributed by atoms with Gasteiger partial charge in [0.25, 0.3) is 11.8 Å². The Morgan fingerprint density at radius 1 is 0.889 bits per heavy atom. The fourth-order valence-corrected chi connectivity index (χ4v) is 4.28. The number of aromatic nitrogens is 1. The van der Waals surface area contributed by atoms with Gasteiger partial charge in [-0.25, -0.2) is 9.78 Å². The number of alkyl halides is 2. The van der Waals surface area contributed by atoms with Gasteiger partial charge in [-0.1, -0.05) is 24.3 Å². The molecule has 2 amide bonds. The summed E-state index contributed by atoms with van der Waals surface area (Å²) in [5, 5.41) is 0.437. The van der Waals surface area contributed by atoms with Gasteiger partial charge in [-0.3, -0.25) is 18.9 Å². The van der Waals surface area contributed by atoms with E-state index in [1.165, 1.54) is 23.5 Å². The summed E-state index contributed by atoms with van der Waals surface area (Å²) in [5.74, 6) is -2.18. The summed E-state index contributed by atoms with van der Waals surface area (Å²) < 4.78 is 53.8. The Morgan fingerprint density at radius 3 is 1.93 bits per heavy atom. The summed E-state index contributed by atoms with van der Waals surface area (Å²) >= 11 is 0. The van der Waals surface area contributed by atoms with E-state index in [9.17, 15) is 32.5 Å². The van der Waals surface area contributed by atoms with Crippen LogP contribution in [0.4, 0.5) is 8.78 Å². The first-order valence-electron chi connectivity index (χ1n) is 14.0. The summed E-state index contributed by atoms with van der Waals surface area (Å²) in [6.07, 6.45) is 0.625. The van der Waals surface area contributed by atoms with E-state index in [0.717, 1.165) is 12.1 Å². The van der Waals surface area contributed by atoms with Gasteiger partial charge in [0.2, 0.25) is 0 Å². The third kappa shape index (κ3) is 13.6. The fraction of sp³-hybridized carbons (Fsp3) is 0.483. The van der Waals surface area contributed by atoms with Crippen molar-refractivity contribution in [1.29, 1.82) is 0 Å². The first-order chi connectivity index (χ1) is 21.2. The minimum atomic E-state index is -5.65. The van der Waals surface area contributed by atoms with E-state index < -0.39 is 43.2 Å². The number of halogens is 2. The molecule has 1 aliphatic rings. The Hall–Kier alpha value is -3.46. The van der Waals surface area contributed by atoms with Crippen LogP contribution in [0.1, 0.15) is 48.2 Å². The van der Waals surface area contributed by atoms with Crippen molar-refractivity contribution in [3.63, 3.8) is 0 Å². The number of carbonyl (C=O) groups is 4. The van der Waals surface area contributed by atoms with Crippen LogP contribution < -0.4 is 4.98 Å². The lowest BCUT2D eigenvalue weighted by molar-refractivity contribution is -0.396. The largest absolute Gasteiger partial charge is 0.399 e. The van der Waals surface area contributed by atoms with Gasteiger partial charge in [0.1, 0.15) is 12.4 Å². The van der Waals surface area contributed by atoms with E-state index in [-0.39, 0.29) is 57.9 Å². The number of hydrogen-bond acceptors (Lipinski definition) is 9. The molecule has 0 unspecified atom stereocenters. The Bertz CT molecular complexity index is 1300. The number of carbonyl (C=O) groups excluding carboxylic acids is 4. The van der Waals surface area contributed by atoms with Gasteiger partial charge in [0, 0.05) is 63.8 Å². The van der Waals surface area contributed by atoms with Gasteiger partial charge in [-0.15, -0.1) is 5.06 Å². The highest BCUT2D eigenvalue weighted by Gasteiger charge is 2.50. The second-order valence-corrected chi connectivity index (χ2v) is 11.6. The smallest absolute Gasteiger partial charge is 0.379 e. The van der Waals surface area contributed by atoms with Crippen LogP contribution in [-0.4, -0.2) is 78.1 Å². The number of imide groups is 1. The van der Waals surface area contributed by atoms with E-state index in [2.05, 4.69) is 9.82 Å². The summed E-state index contributed by atoms with van der Waals surface area (Å²) in [5.41, 5.74) is -2.25. The average molecular weight is 660 g/mol. The first kappa shape index (κ1) is 37.7. The lowest BCUT2D eigenvalue weighted by Gasteiger charge is -2.18. The minimum absolute atomic E-state index is 0.00509. The van der Waals surface area contributed by atoms with E-state index in [0.29, 0.717) is 23.7 Å². The summed E-state index contributed by atoms with van der Waals surface area (Å²) in [7, 11) is -5.65. The average Bonchev–Trinajstić information content (AvgIpc) is 3.28. The zero-order chi connectivity index (χ0) is 33.5. The van der Waals surface area contributed by atoms with Gasteiger partial charge in [-0.05, 0) is 18.1 Å². The lowest BCUT2D eigenvalue weighted by atomic mass is 10.0. The molecule has 3 N–H and O–H groups in total. The number of nitrogens with zero attached hydrogens (tertiary/aromatic N) is 1. The SMILES string of the molecule is Cc1cccc(C)[nH+]1.O=C(CCCOCCOCCOCC(=O)ON1C(=O)CCC1=O)Cc1ccc(C(F)(F)P(=O)(O)O)cc1. The Morgan fingerprint density at radius 2 is 1.42 bits per heavy atom. The number of ether oxygens (including phenoxy) is 3. The number of aryl methyl sites for hydroxylation is 2. The number of aromatic amines is 1. The Kier molecular flexibility index (Phi) is 15.5. The molecule has 0 radical (unpaired) electrons. The van der Waals surface area contributed by atoms with Gasteiger partial charge < -0.3 is 28.8 Å². The molecule has 2 aromatic rings. The number of benzene rings is 1. The highest BCUT2D eigenvalue weighted by Crippen LogP contribution is 2.59. The number of ketones is 1. The lowest BCUT2D eigenvalue weighted by Crippen LogP contribution is -2.33. The molecule has 0 bridgehead atoms. The second kappa shape index (κ2) is 18.5. The molecule has 16 heteroatoms. The van der Waals surface area contributed by atoms with E-state index in [1.807, 2.05) is 32.0 Å². The van der Waals surface area contributed by atoms with Crippen molar-refractivity contribution < 1.29 is 66.3 Å². The van der Waals surface area contributed by atoms with Crippen molar-refractivity contribution in [2.75, 3.05) is 39.6 Å². The third-order valence-electron chi connectivity index (χ3n) is 6.06. The van der Waals surface area contributed by atoms with Crippen LogP contribution in [0.3, 0.4) is 0 Å². The molecule has 0 atom stereocenters. The number of hydroxylamine groups is 2. The Balaban J connectivity index is 0.000000761.